The second kappa shape index (κ2) is 4.71. The van der Waals surface area contributed by atoms with Crippen LogP contribution in [0.4, 0.5) is 0 Å². The average molecular weight is 268 g/mol. The van der Waals surface area contributed by atoms with Crippen LogP contribution >= 0.6 is 23.2 Å². The molecule has 0 bridgehead atoms. The molecule has 0 fully saturated rings. The highest BCUT2D eigenvalue weighted by atomic mass is 35.5. The van der Waals surface area contributed by atoms with E-state index in [0.717, 1.165) is 17.0 Å². The molecule has 2 nitrogen and oxygen atoms in total. The molecule has 2 aromatic rings. The quantitative estimate of drug-likeness (QED) is 0.781. The van der Waals surface area contributed by atoms with Crippen LogP contribution in [-0.2, 0) is 0 Å². The van der Waals surface area contributed by atoms with Crippen LogP contribution in [0.2, 0.25) is 10.0 Å². The van der Waals surface area contributed by atoms with Gasteiger partial charge in [-0.15, -0.1) is 0 Å². The Balaban J connectivity index is 2.59. The largest absolute Gasteiger partial charge is 0.261 e. The van der Waals surface area contributed by atoms with Gasteiger partial charge in [0.25, 0.3) is 0 Å². The van der Waals surface area contributed by atoms with Crippen molar-refractivity contribution in [3.8, 4) is 11.3 Å². The molecule has 1 heterocycles. The molecule has 17 heavy (non-hydrogen) atoms. The van der Waals surface area contributed by atoms with Gasteiger partial charge in [0.05, 0.1) is 11.4 Å². The molecule has 0 atom stereocenters. The van der Waals surface area contributed by atoms with Gasteiger partial charge >= 0.3 is 0 Å². The maximum absolute atomic E-state index is 6.01. The van der Waals surface area contributed by atoms with E-state index in [1.807, 2.05) is 23.7 Å². The first-order valence-electron chi connectivity index (χ1n) is 5.42. The number of hydrogen-bond donors (Lipinski definition) is 0. The van der Waals surface area contributed by atoms with Gasteiger partial charge < -0.3 is 0 Å². The molecule has 0 aliphatic rings. The highest BCUT2D eigenvalue weighted by molar-refractivity contribution is 6.35. The van der Waals surface area contributed by atoms with Crippen molar-refractivity contribution in [1.82, 2.24) is 9.78 Å². The Morgan fingerprint density at radius 1 is 1.18 bits per heavy atom. The number of rotatable bonds is 2. The van der Waals surface area contributed by atoms with Crippen molar-refractivity contribution in [2.75, 3.05) is 0 Å². The first kappa shape index (κ1) is 12.5. The summed E-state index contributed by atoms with van der Waals surface area (Å²) in [5.74, 6) is 0. The maximum atomic E-state index is 6.01. The Hall–Kier alpha value is -0.990. The molecular weight excluding hydrogens is 255 g/mol. The van der Waals surface area contributed by atoms with E-state index in [2.05, 4.69) is 25.0 Å². The lowest BCUT2D eigenvalue weighted by Crippen LogP contribution is -2.04. The van der Waals surface area contributed by atoms with Crippen LogP contribution in [0.25, 0.3) is 11.3 Å². The van der Waals surface area contributed by atoms with E-state index in [4.69, 9.17) is 23.2 Å². The molecule has 0 unspecified atom stereocenters. The lowest BCUT2D eigenvalue weighted by molar-refractivity contribution is 0.535. The Morgan fingerprint density at radius 3 is 2.29 bits per heavy atom. The van der Waals surface area contributed by atoms with Crippen molar-refractivity contribution < 1.29 is 0 Å². The van der Waals surface area contributed by atoms with Gasteiger partial charge in [-0.2, -0.15) is 5.10 Å². The summed E-state index contributed by atoms with van der Waals surface area (Å²) in [6.45, 7) is 6.08. The summed E-state index contributed by atoms with van der Waals surface area (Å²) in [7, 11) is 0. The highest BCUT2D eigenvalue weighted by Crippen LogP contribution is 2.28. The molecule has 0 saturated heterocycles. The smallest absolute Gasteiger partial charge is 0.0769 e. The topological polar surface area (TPSA) is 17.8 Å². The van der Waals surface area contributed by atoms with Crippen LogP contribution in [0.1, 0.15) is 25.6 Å². The summed E-state index contributed by atoms with van der Waals surface area (Å²) >= 11 is 12.0. The minimum absolute atomic E-state index is 0.271. The molecule has 0 amide bonds. The van der Waals surface area contributed by atoms with Crippen molar-refractivity contribution in [3.05, 3.63) is 40.0 Å². The zero-order chi connectivity index (χ0) is 12.6. The van der Waals surface area contributed by atoms with E-state index in [9.17, 15) is 0 Å². The SMILES string of the molecule is Cc1[c]c(-c2cc(Cl)cc(Cl)c2)n(C(C)C)n1. The zero-order valence-corrected chi connectivity index (χ0v) is 11.5. The van der Waals surface area contributed by atoms with Gasteiger partial charge in [-0.1, -0.05) is 23.2 Å². The predicted molar refractivity (Wildman–Crippen MR) is 71.6 cm³/mol. The van der Waals surface area contributed by atoms with E-state index in [0.29, 0.717) is 10.0 Å². The molecule has 0 saturated carbocycles. The summed E-state index contributed by atoms with van der Waals surface area (Å²) in [6, 6.07) is 8.97. The van der Waals surface area contributed by atoms with Crippen molar-refractivity contribution in [2.24, 2.45) is 0 Å². The Bertz CT molecular complexity index is 524. The normalized spacial score (nSPS) is 11.2. The van der Waals surface area contributed by atoms with Gasteiger partial charge in [0.1, 0.15) is 0 Å². The Kier molecular flexibility index (Phi) is 3.45. The van der Waals surface area contributed by atoms with Gasteiger partial charge in [-0.25, -0.2) is 0 Å². The number of halogens is 2. The molecule has 1 aromatic carbocycles. The van der Waals surface area contributed by atoms with Gasteiger partial charge in [-0.3, -0.25) is 4.68 Å². The van der Waals surface area contributed by atoms with Gasteiger partial charge in [-0.05, 0) is 39.0 Å². The monoisotopic (exact) mass is 267 g/mol. The van der Waals surface area contributed by atoms with E-state index >= 15 is 0 Å². The third-order valence-corrected chi connectivity index (χ3v) is 2.85. The van der Waals surface area contributed by atoms with Crippen LogP contribution in [0.5, 0.6) is 0 Å². The molecule has 0 aliphatic carbocycles. The summed E-state index contributed by atoms with van der Waals surface area (Å²) < 4.78 is 1.93. The van der Waals surface area contributed by atoms with E-state index in [-0.39, 0.29) is 6.04 Å². The first-order chi connectivity index (χ1) is 7.97. The third-order valence-electron chi connectivity index (χ3n) is 2.41. The van der Waals surface area contributed by atoms with E-state index < -0.39 is 0 Å². The third kappa shape index (κ3) is 2.64. The first-order valence-corrected chi connectivity index (χ1v) is 6.18. The predicted octanol–water partition coefficient (Wildman–Crippen LogP) is 4.55. The van der Waals surface area contributed by atoms with Crippen LogP contribution in [0, 0.1) is 13.0 Å². The number of hydrogen-bond acceptors (Lipinski definition) is 1. The van der Waals surface area contributed by atoms with Gasteiger partial charge in [0.15, 0.2) is 0 Å². The average Bonchev–Trinajstić information content (AvgIpc) is 2.59. The zero-order valence-electron chi connectivity index (χ0n) is 9.96. The van der Waals surface area contributed by atoms with Crippen molar-refractivity contribution in [2.45, 2.75) is 26.8 Å². The van der Waals surface area contributed by atoms with Crippen LogP contribution in [0.3, 0.4) is 0 Å². The van der Waals surface area contributed by atoms with Gasteiger partial charge in [0.2, 0.25) is 0 Å². The minimum atomic E-state index is 0.271. The molecule has 1 radical (unpaired) electrons. The fraction of sp³-hybridized carbons (Fsp3) is 0.308. The number of nitrogens with zero attached hydrogens (tertiary/aromatic N) is 2. The lowest BCUT2D eigenvalue weighted by Gasteiger charge is -2.11. The van der Waals surface area contributed by atoms with E-state index in [1.54, 1.807) is 6.07 Å². The Morgan fingerprint density at radius 2 is 1.76 bits per heavy atom. The van der Waals surface area contributed by atoms with Crippen molar-refractivity contribution in [1.29, 1.82) is 0 Å². The molecule has 2 rings (SSSR count). The lowest BCUT2D eigenvalue weighted by atomic mass is 10.1. The summed E-state index contributed by atoms with van der Waals surface area (Å²) in [6.07, 6.45) is 0. The van der Waals surface area contributed by atoms with Crippen LogP contribution in [-0.4, -0.2) is 9.78 Å². The van der Waals surface area contributed by atoms with Crippen molar-refractivity contribution >= 4 is 23.2 Å². The number of aryl methyl sites for hydroxylation is 1. The summed E-state index contributed by atoms with van der Waals surface area (Å²) in [5.41, 5.74) is 2.73. The molecule has 0 N–H and O–H groups in total. The second-order valence-corrected chi connectivity index (χ2v) is 5.13. The fourth-order valence-corrected chi connectivity index (χ4v) is 2.26. The minimum Gasteiger partial charge on any atom is -0.261 e. The Labute approximate surface area is 111 Å². The standard InChI is InChI=1S/C13H13Cl2N2/c1-8(2)17-13(4-9(3)16-17)10-5-11(14)7-12(15)6-10/h5-8H,1-3H3. The van der Waals surface area contributed by atoms with E-state index in [1.165, 1.54) is 0 Å². The fourth-order valence-electron chi connectivity index (χ4n) is 1.73. The maximum Gasteiger partial charge on any atom is 0.0769 e. The molecule has 0 spiro atoms. The molecule has 1 aromatic heterocycles. The number of benzene rings is 1. The number of aromatic nitrogens is 2. The molecular formula is C13H13Cl2N2. The molecule has 89 valence electrons. The van der Waals surface area contributed by atoms with Crippen LogP contribution < -0.4 is 0 Å². The second-order valence-electron chi connectivity index (χ2n) is 4.26. The highest BCUT2D eigenvalue weighted by Gasteiger charge is 2.12. The molecule has 0 aliphatic heterocycles. The summed E-state index contributed by atoms with van der Waals surface area (Å²) in [4.78, 5) is 0. The summed E-state index contributed by atoms with van der Waals surface area (Å²) in [5, 5.41) is 5.66. The van der Waals surface area contributed by atoms with Gasteiger partial charge in [0, 0.05) is 27.7 Å². The molecule has 4 heteroatoms. The van der Waals surface area contributed by atoms with Crippen molar-refractivity contribution in [3.63, 3.8) is 0 Å². The van der Waals surface area contributed by atoms with Crippen LogP contribution in [0.15, 0.2) is 18.2 Å².